The van der Waals surface area contributed by atoms with E-state index in [4.69, 9.17) is 20.6 Å². The van der Waals surface area contributed by atoms with Crippen LogP contribution in [0.3, 0.4) is 0 Å². The van der Waals surface area contributed by atoms with Gasteiger partial charge in [0.15, 0.2) is 11.5 Å². The molecule has 3 aromatic carbocycles. The fourth-order valence-corrected chi connectivity index (χ4v) is 3.66. The number of nitrogen functional groups attached to an aromatic ring is 1. The topological polar surface area (TPSA) is 127 Å². The van der Waals surface area contributed by atoms with Gasteiger partial charge in [0.1, 0.15) is 11.8 Å². The van der Waals surface area contributed by atoms with Gasteiger partial charge in [-0.2, -0.15) is 0 Å². The van der Waals surface area contributed by atoms with Gasteiger partial charge in [-0.05, 0) is 60.4 Å². The number of anilines is 1. The van der Waals surface area contributed by atoms with Gasteiger partial charge in [-0.25, -0.2) is 0 Å². The van der Waals surface area contributed by atoms with Gasteiger partial charge in [0.05, 0.1) is 0 Å². The average molecular weight is 459 g/mol. The third-order valence-electron chi connectivity index (χ3n) is 5.56. The van der Waals surface area contributed by atoms with E-state index in [1.165, 1.54) is 0 Å². The normalized spacial score (nSPS) is 12.6. The van der Waals surface area contributed by atoms with Crippen LogP contribution in [0.5, 0.6) is 11.5 Å². The van der Waals surface area contributed by atoms with Crippen LogP contribution in [-0.2, 0) is 22.6 Å². The number of rotatable bonds is 9. The Kier molecular flexibility index (Phi) is 7.07. The Bertz CT molecular complexity index is 1180. The molecule has 5 N–H and O–H groups in total. The molecule has 0 saturated heterocycles. The maximum atomic E-state index is 13.1. The number of nitrogens with two attached hydrogens (primary N) is 1. The van der Waals surface area contributed by atoms with Crippen molar-refractivity contribution >= 4 is 23.3 Å². The number of ether oxygens (including phenoxy) is 2. The summed E-state index contributed by atoms with van der Waals surface area (Å²) in [5.41, 5.74) is 8.47. The summed E-state index contributed by atoms with van der Waals surface area (Å²) in [5, 5.41) is 13.2. The van der Waals surface area contributed by atoms with Gasteiger partial charge in [-0.15, -0.1) is 0 Å². The van der Waals surface area contributed by atoms with E-state index in [0.717, 1.165) is 11.1 Å². The zero-order valence-electron chi connectivity index (χ0n) is 18.5. The Morgan fingerprint density at radius 2 is 1.65 bits per heavy atom. The van der Waals surface area contributed by atoms with Crippen molar-refractivity contribution in [3.8, 4) is 11.5 Å². The van der Waals surface area contributed by atoms with Crippen molar-refractivity contribution in [1.29, 1.82) is 5.41 Å². The van der Waals surface area contributed by atoms with Crippen LogP contribution in [0.2, 0.25) is 0 Å². The number of amidine groups is 1. The average Bonchev–Trinajstić information content (AvgIpc) is 3.32. The molecule has 0 fully saturated rings. The van der Waals surface area contributed by atoms with E-state index >= 15 is 0 Å². The van der Waals surface area contributed by atoms with Gasteiger partial charge in [-0.1, -0.05) is 36.4 Å². The van der Waals surface area contributed by atoms with Crippen LogP contribution in [0.4, 0.5) is 5.69 Å². The van der Waals surface area contributed by atoms with Crippen LogP contribution in [0.15, 0.2) is 72.8 Å². The monoisotopic (exact) mass is 458 g/mol. The standard InChI is InChI=1S/C26H26N4O4/c27-24(28)19-8-10-20(11-9-19)30-26(32)21(12-6-17-4-2-1-3-5-17)25(31)29-15-18-7-13-22-23(14-18)34-16-33-22/h1-5,7-11,13-14,21H,6,12,15-16H2,(H3,27,28)(H,29,31)(H,30,32). The zero-order valence-corrected chi connectivity index (χ0v) is 18.5. The molecule has 1 aliphatic rings. The van der Waals surface area contributed by atoms with E-state index in [9.17, 15) is 9.59 Å². The number of fused-ring (bicyclic) bond motifs is 1. The highest BCUT2D eigenvalue weighted by Gasteiger charge is 2.26. The second-order valence-electron chi connectivity index (χ2n) is 7.96. The van der Waals surface area contributed by atoms with Gasteiger partial charge in [0.2, 0.25) is 18.6 Å². The highest BCUT2D eigenvalue weighted by atomic mass is 16.7. The van der Waals surface area contributed by atoms with Crippen LogP contribution >= 0.6 is 0 Å². The third kappa shape index (κ3) is 5.72. The molecule has 0 aromatic heterocycles. The highest BCUT2D eigenvalue weighted by molar-refractivity contribution is 6.06. The molecule has 0 radical (unpaired) electrons. The first kappa shape index (κ1) is 22.8. The number of hydrogen-bond acceptors (Lipinski definition) is 5. The van der Waals surface area contributed by atoms with Gasteiger partial charge >= 0.3 is 0 Å². The van der Waals surface area contributed by atoms with Gasteiger partial charge < -0.3 is 25.8 Å². The summed E-state index contributed by atoms with van der Waals surface area (Å²) >= 11 is 0. The van der Waals surface area contributed by atoms with Crippen molar-refractivity contribution in [3.63, 3.8) is 0 Å². The van der Waals surface area contributed by atoms with E-state index in [-0.39, 0.29) is 25.1 Å². The zero-order chi connectivity index (χ0) is 23.9. The van der Waals surface area contributed by atoms with Crippen molar-refractivity contribution < 1.29 is 19.1 Å². The van der Waals surface area contributed by atoms with Gasteiger partial charge in [-0.3, -0.25) is 15.0 Å². The summed E-state index contributed by atoms with van der Waals surface area (Å²) in [4.78, 5) is 26.2. The summed E-state index contributed by atoms with van der Waals surface area (Å²) < 4.78 is 10.7. The Hall–Kier alpha value is -4.33. The van der Waals surface area contributed by atoms with Crippen LogP contribution in [0.25, 0.3) is 0 Å². The van der Waals surface area contributed by atoms with Crippen LogP contribution in [0.1, 0.15) is 23.1 Å². The minimum absolute atomic E-state index is 0.0542. The minimum atomic E-state index is -0.887. The van der Waals surface area contributed by atoms with Crippen molar-refractivity contribution in [3.05, 3.63) is 89.5 Å². The molecule has 1 unspecified atom stereocenters. The number of aryl methyl sites for hydroxylation is 1. The first-order chi connectivity index (χ1) is 16.5. The van der Waals surface area contributed by atoms with E-state index in [1.54, 1.807) is 30.3 Å². The molecule has 1 heterocycles. The summed E-state index contributed by atoms with van der Waals surface area (Å²) in [5.74, 6) is -0.380. The molecule has 174 valence electrons. The molecule has 1 aliphatic heterocycles. The lowest BCUT2D eigenvalue weighted by Gasteiger charge is -2.17. The molecule has 0 saturated carbocycles. The summed E-state index contributed by atoms with van der Waals surface area (Å²) in [6.07, 6.45) is 0.938. The molecule has 0 bridgehead atoms. The minimum Gasteiger partial charge on any atom is -0.454 e. The predicted octanol–water partition coefficient (Wildman–Crippen LogP) is 3.20. The Labute approximate surface area is 197 Å². The third-order valence-corrected chi connectivity index (χ3v) is 5.56. The second kappa shape index (κ2) is 10.5. The van der Waals surface area contributed by atoms with Gasteiger partial charge in [0.25, 0.3) is 0 Å². The van der Waals surface area contributed by atoms with E-state index in [2.05, 4.69) is 10.6 Å². The lowest BCUT2D eigenvalue weighted by molar-refractivity contribution is -0.132. The van der Waals surface area contributed by atoms with Crippen molar-refractivity contribution in [2.45, 2.75) is 19.4 Å². The smallest absolute Gasteiger partial charge is 0.236 e. The molecular weight excluding hydrogens is 432 g/mol. The quantitative estimate of drug-likeness (QED) is 0.223. The van der Waals surface area contributed by atoms with E-state index < -0.39 is 11.8 Å². The second-order valence-corrected chi connectivity index (χ2v) is 7.96. The lowest BCUT2D eigenvalue weighted by Crippen LogP contribution is -2.38. The lowest BCUT2D eigenvalue weighted by atomic mass is 9.97. The molecule has 0 aliphatic carbocycles. The highest BCUT2D eigenvalue weighted by Crippen LogP contribution is 2.32. The SMILES string of the molecule is N=C(N)c1ccc(NC(=O)C(CCc2ccccc2)C(=O)NCc2ccc3c(c2)OCO3)cc1. The van der Waals surface area contributed by atoms with Crippen molar-refractivity contribution in [2.75, 3.05) is 12.1 Å². The van der Waals surface area contributed by atoms with Crippen molar-refractivity contribution in [2.24, 2.45) is 11.7 Å². The number of hydrogen-bond donors (Lipinski definition) is 4. The molecule has 0 spiro atoms. The molecule has 8 nitrogen and oxygen atoms in total. The Balaban J connectivity index is 1.43. The van der Waals surface area contributed by atoms with Gasteiger partial charge in [0, 0.05) is 17.8 Å². The Morgan fingerprint density at radius 3 is 2.38 bits per heavy atom. The number of amides is 2. The Morgan fingerprint density at radius 1 is 0.912 bits per heavy atom. The maximum absolute atomic E-state index is 13.1. The number of nitrogens with one attached hydrogen (secondary N) is 3. The predicted molar refractivity (Wildman–Crippen MR) is 129 cm³/mol. The van der Waals surface area contributed by atoms with Crippen LogP contribution in [0, 0.1) is 11.3 Å². The number of carbonyl (C=O) groups excluding carboxylic acids is 2. The number of carbonyl (C=O) groups is 2. The summed E-state index contributed by atoms with van der Waals surface area (Å²) in [7, 11) is 0. The molecular formula is C26H26N4O4. The van der Waals surface area contributed by atoms with E-state index in [0.29, 0.717) is 35.6 Å². The fourth-order valence-electron chi connectivity index (χ4n) is 3.66. The number of benzene rings is 3. The molecule has 3 aromatic rings. The fraction of sp³-hybridized carbons (Fsp3) is 0.192. The van der Waals surface area contributed by atoms with Crippen LogP contribution in [-0.4, -0.2) is 24.4 Å². The summed E-state index contributed by atoms with van der Waals surface area (Å²) in [6.45, 7) is 0.443. The maximum Gasteiger partial charge on any atom is 0.236 e. The molecule has 1 atom stereocenters. The molecule has 34 heavy (non-hydrogen) atoms. The van der Waals surface area contributed by atoms with E-state index in [1.807, 2.05) is 42.5 Å². The summed E-state index contributed by atoms with van der Waals surface area (Å²) in [6, 6.07) is 21.8. The largest absolute Gasteiger partial charge is 0.454 e. The first-order valence-corrected chi connectivity index (χ1v) is 10.9. The molecule has 2 amide bonds. The molecule has 8 heteroatoms. The van der Waals surface area contributed by atoms with Crippen LogP contribution < -0.4 is 25.8 Å². The molecule has 4 rings (SSSR count). The first-order valence-electron chi connectivity index (χ1n) is 10.9. The van der Waals surface area contributed by atoms with Crippen molar-refractivity contribution in [1.82, 2.24) is 5.32 Å².